The Balaban J connectivity index is 1.61. The fourth-order valence-corrected chi connectivity index (χ4v) is 4.21. The molecular formula is C15H29N3. The first-order valence-corrected chi connectivity index (χ1v) is 7.85. The van der Waals surface area contributed by atoms with E-state index in [2.05, 4.69) is 29.0 Å². The predicted molar refractivity (Wildman–Crippen MR) is 75.8 cm³/mol. The van der Waals surface area contributed by atoms with Gasteiger partial charge in [0.2, 0.25) is 0 Å². The molecule has 3 unspecified atom stereocenters. The van der Waals surface area contributed by atoms with Crippen LogP contribution < -0.4 is 5.32 Å². The molecule has 0 aromatic rings. The van der Waals surface area contributed by atoms with Gasteiger partial charge in [0.1, 0.15) is 0 Å². The Morgan fingerprint density at radius 1 is 1.28 bits per heavy atom. The molecule has 3 heterocycles. The maximum Gasteiger partial charge on any atom is 0.0224 e. The molecule has 0 aromatic heterocycles. The SMILES string of the molecule is CC1CN2CCCC2CN1CC1(C)CCCNC1. The van der Waals surface area contributed by atoms with E-state index in [1.807, 2.05) is 0 Å². The number of fused-ring (bicyclic) bond motifs is 1. The third-order valence-corrected chi connectivity index (χ3v) is 5.34. The molecule has 0 bridgehead atoms. The van der Waals surface area contributed by atoms with E-state index in [-0.39, 0.29) is 0 Å². The van der Waals surface area contributed by atoms with Crippen LogP contribution in [0.15, 0.2) is 0 Å². The quantitative estimate of drug-likeness (QED) is 0.803. The summed E-state index contributed by atoms with van der Waals surface area (Å²) < 4.78 is 0. The number of hydrogen-bond donors (Lipinski definition) is 1. The van der Waals surface area contributed by atoms with Crippen molar-refractivity contribution in [3.05, 3.63) is 0 Å². The molecule has 3 atom stereocenters. The fourth-order valence-electron chi connectivity index (χ4n) is 4.21. The van der Waals surface area contributed by atoms with Crippen molar-refractivity contribution in [1.82, 2.24) is 15.1 Å². The highest BCUT2D eigenvalue weighted by Gasteiger charge is 2.37. The average molecular weight is 251 g/mol. The van der Waals surface area contributed by atoms with Crippen LogP contribution in [0, 0.1) is 5.41 Å². The molecule has 0 amide bonds. The van der Waals surface area contributed by atoms with Gasteiger partial charge in [-0.05, 0) is 51.1 Å². The maximum atomic E-state index is 3.59. The highest BCUT2D eigenvalue weighted by Crippen LogP contribution is 2.31. The summed E-state index contributed by atoms with van der Waals surface area (Å²) >= 11 is 0. The topological polar surface area (TPSA) is 18.5 Å². The second-order valence-corrected chi connectivity index (χ2v) is 7.16. The lowest BCUT2D eigenvalue weighted by Gasteiger charge is -2.47. The van der Waals surface area contributed by atoms with E-state index in [9.17, 15) is 0 Å². The summed E-state index contributed by atoms with van der Waals surface area (Å²) in [6.07, 6.45) is 5.61. The molecule has 3 aliphatic rings. The third kappa shape index (κ3) is 2.59. The smallest absolute Gasteiger partial charge is 0.0224 e. The summed E-state index contributed by atoms with van der Waals surface area (Å²) in [6, 6.07) is 1.61. The first-order valence-electron chi connectivity index (χ1n) is 7.85. The Hall–Kier alpha value is -0.120. The normalized spacial score (nSPS) is 43.0. The van der Waals surface area contributed by atoms with Crippen LogP contribution >= 0.6 is 0 Å². The van der Waals surface area contributed by atoms with E-state index in [1.54, 1.807) is 0 Å². The van der Waals surface area contributed by atoms with Gasteiger partial charge in [0, 0.05) is 38.3 Å². The van der Waals surface area contributed by atoms with Gasteiger partial charge in [-0.2, -0.15) is 0 Å². The number of nitrogens with one attached hydrogen (secondary N) is 1. The van der Waals surface area contributed by atoms with Gasteiger partial charge < -0.3 is 5.32 Å². The van der Waals surface area contributed by atoms with Crippen LogP contribution in [0.5, 0.6) is 0 Å². The van der Waals surface area contributed by atoms with Gasteiger partial charge in [0.15, 0.2) is 0 Å². The molecule has 3 aliphatic heterocycles. The zero-order valence-corrected chi connectivity index (χ0v) is 12.1. The van der Waals surface area contributed by atoms with Gasteiger partial charge in [-0.25, -0.2) is 0 Å². The molecule has 3 saturated heterocycles. The lowest BCUT2D eigenvalue weighted by atomic mass is 9.81. The maximum absolute atomic E-state index is 3.59. The monoisotopic (exact) mass is 251 g/mol. The zero-order chi connectivity index (χ0) is 12.6. The predicted octanol–water partition coefficient (Wildman–Crippen LogP) is 1.54. The first-order chi connectivity index (χ1) is 8.66. The van der Waals surface area contributed by atoms with Crippen LogP contribution in [0.2, 0.25) is 0 Å². The van der Waals surface area contributed by atoms with Gasteiger partial charge in [-0.3, -0.25) is 9.80 Å². The van der Waals surface area contributed by atoms with Gasteiger partial charge in [0.25, 0.3) is 0 Å². The second-order valence-electron chi connectivity index (χ2n) is 7.16. The number of hydrogen-bond acceptors (Lipinski definition) is 3. The zero-order valence-electron chi connectivity index (χ0n) is 12.1. The number of piperazine rings is 1. The van der Waals surface area contributed by atoms with Crippen LogP contribution in [0.25, 0.3) is 0 Å². The van der Waals surface area contributed by atoms with Crippen LogP contribution in [0.1, 0.15) is 39.5 Å². The summed E-state index contributed by atoms with van der Waals surface area (Å²) in [5.74, 6) is 0. The molecule has 0 spiro atoms. The molecule has 3 nitrogen and oxygen atoms in total. The lowest BCUT2D eigenvalue weighted by Crippen LogP contribution is -2.58. The molecule has 3 rings (SSSR count). The molecular weight excluding hydrogens is 222 g/mol. The van der Waals surface area contributed by atoms with Crippen LogP contribution in [-0.4, -0.2) is 61.2 Å². The standard InChI is InChI=1S/C15H29N3/c1-13-9-17-8-3-5-14(17)10-18(13)12-15(2)6-4-7-16-11-15/h13-14,16H,3-12H2,1-2H3. The molecule has 3 heteroatoms. The Kier molecular flexibility index (Phi) is 3.65. The Labute approximate surface area is 112 Å². The van der Waals surface area contributed by atoms with Crippen molar-refractivity contribution in [2.45, 2.75) is 51.6 Å². The van der Waals surface area contributed by atoms with Crippen LogP contribution in [-0.2, 0) is 0 Å². The molecule has 18 heavy (non-hydrogen) atoms. The Morgan fingerprint density at radius 3 is 2.94 bits per heavy atom. The Morgan fingerprint density at radius 2 is 2.17 bits per heavy atom. The average Bonchev–Trinajstić information content (AvgIpc) is 2.77. The second kappa shape index (κ2) is 5.10. The summed E-state index contributed by atoms with van der Waals surface area (Å²) in [4.78, 5) is 5.50. The van der Waals surface area contributed by atoms with Crippen molar-refractivity contribution in [2.24, 2.45) is 5.41 Å². The van der Waals surface area contributed by atoms with Crippen molar-refractivity contribution in [2.75, 3.05) is 39.3 Å². The van der Waals surface area contributed by atoms with E-state index in [0.29, 0.717) is 5.41 Å². The Bertz CT molecular complexity index is 285. The van der Waals surface area contributed by atoms with Crippen molar-refractivity contribution < 1.29 is 0 Å². The molecule has 0 radical (unpaired) electrons. The first kappa shape index (κ1) is 12.9. The van der Waals surface area contributed by atoms with Crippen molar-refractivity contribution in [3.63, 3.8) is 0 Å². The van der Waals surface area contributed by atoms with E-state index in [4.69, 9.17) is 0 Å². The number of piperidine rings is 1. The van der Waals surface area contributed by atoms with E-state index in [1.165, 1.54) is 65.0 Å². The van der Waals surface area contributed by atoms with E-state index < -0.39 is 0 Å². The third-order valence-electron chi connectivity index (χ3n) is 5.34. The van der Waals surface area contributed by atoms with E-state index >= 15 is 0 Å². The van der Waals surface area contributed by atoms with Crippen molar-refractivity contribution >= 4 is 0 Å². The van der Waals surface area contributed by atoms with Crippen LogP contribution in [0.4, 0.5) is 0 Å². The largest absolute Gasteiger partial charge is 0.316 e. The number of rotatable bonds is 2. The van der Waals surface area contributed by atoms with Crippen molar-refractivity contribution in [3.8, 4) is 0 Å². The highest BCUT2D eigenvalue weighted by atomic mass is 15.3. The molecule has 104 valence electrons. The minimum atomic E-state index is 0.507. The summed E-state index contributed by atoms with van der Waals surface area (Å²) in [7, 11) is 0. The fraction of sp³-hybridized carbons (Fsp3) is 1.00. The summed E-state index contributed by atoms with van der Waals surface area (Å²) in [5.41, 5.74) is 0.507. The molecule has 0 aliphatic carbocycles. The minimum absolute atomic E-state index is 0.507. The van der Waals surface area contributed by atoms with Gasteiger partial charge in [-0.15, -0.1) is 0 Å². The summed E-state index contributed by atoms with van der Waals surface area (Å²) in [6.45, 7) is 12.6. The van der Waals surface area contributed by atoms with Crippen molar-refractivity contribution in [1.29, 1.82) is 0 Å². The molecule has 0 aromatic carbocycles. The molecule has 3 fully saturated rings. The van der Waals surface area contributed by atoms with Gasteiger partial charge in [0.05, 0.1) is 0 Å². The lowest BCUT2D eigenvalue weighted by molar-refractivity contribution is 0.0232. The molecule has 1 N–H and O–H groups in total. The highest BCUT2D eigenvalue weighted by molar-refractivity contribution is 4.94. The molecule has 0 saturated carbocycles. The van der Waals surface area contributed by atoms with Gasteiger partial charge >= 0.3 is 0 Å². The number of nitrogens with zero attached hydrogens (tertiary/aromatic N) is 2. The summed E-state index contributed by atoms with van der Waals surface area (Å²) in [5, 5.41) is 3.59. The van der Waals surface area contributed by atoms with Crippen LogP contribution in [0.3, 0.4) is 0 Å². The van der Waals surface area contributed by atoms with Gasteiger partial charge in [-0.1, -0.05) is 6.92 Å². The minimum Gasteiger partial charge on any atom is -0.316 e. The van der Waals surface area contributed by atoms with E-state index in [0.717, 1.165) is 12.1 Å².